The van der Waals surface area contributed by atoms with Crippen LogP contribution in [0.5, 0.6) is 0 Å². The molecule has 0 bridgehead atoms. The lowest BCUT2D eigenvalue weighted by Gasteiger charge is -1.86. The number of alkyl halides is 1. The highest BCUT2D eigenvalue weighted by Gasteiger charge is 2.12. The van der Waals surface area contributed by atoms with Crippen LogP contribution in [0.2, 0.25) is 0 Å². The zero-order valence-electron chi connectivity index (χ0n) is 7.03. The van der Waals surface area contributed by atoms with E-state index in [-0.39, 0.29) is 17.6 Å². The summed E-state index contributed by atoms with van der Waals surface area (Å²) in [5, 5.41) is 0. The quantitative estimate of drug-likeness (QED) is 0.487. The van der Waals surface area contributed by atoms with Gasteiger partial charge in [-0.15, -0.1) is 24.2 Å². The number of Topliss-reactive ketones (excluding diaryl/α,β-unsaturated/α-hetero) is 1. The predicted octanol–water partition coefficient (Wildman–Crippen LogP) is 2.54. The van der Waals surface area contributed by atoms with E-state index < -0.39 is 0 Å². The minimum atomic E-state index is -0.316. The first kappa shape index (κ1) is 9.55. The van der Waals surface area contributed by atoms with Gasteiger partial charge < -0.3 is 4.42 Å². The SMILES string of the molecule is O=C(CCl)c1nc2cc(S)ccc2o1. The number of aromatic nitrogens is 1. The molecule has 0 saturated heterocycles. The lowest BCUT2D eigenvalue weighted by Crippen LogP contribution is -1.99. The van der Waals surface area contributed by atoms with Gasteiger partial charge in [0.25, 0.3) is 5.89 Å². The summed E-state index contributed by atoms with van der Waals surface area (Å²) in [7, 11) is 0. The van der Waals surface area contributed by atoms with Crippen LogP contribution in [-0.4, -0.2) is 16.6 Å². The average Bonchev–Trinajstić information content (AvgIpc) is 2.59. The third kappa shape index (κ3) is 1.63. The number of ketones is 1. The molecule has 0 unspecified atom stereocenters. The smallest absolute Gasteiger partial charge is 0.265 e. The molecule has 0 aliphatic carbocycles. The van der Waals surface area contributed by atoms with Crippen LogP contribution in [0, 0.1) is 0 Å². The van der Waals surface area contributed by atoms with Gasteiger partial charge in [0.1, 0.15) is 5.52 Å². The maximum absolute atomic E-state index is 11.2. The van der Waals surface area contributed by atoms with Gasteiger partial charge in [0.15, 0.2) is 5.58 Å². The first-order chi connectivity index (χ1) is 6.70. The van der Waals surface area contributed by atoms with Crippen molar-refractivity contribution in [2.75, 3.05) is 5.88 Å². The minimum absolute atomic E-state index is 0.0499. The van der Waals surface area contributed by atoms with Crippen LogP contribution >= 0.6 is 24.2 Å². The number of carbonyl (C=O) groups is 1. The zero-order chi connectivity index (χ0) is 10.1. The predicted molar refractivity (Wildman–Crippen MR) is 56.3 cm³/mol. The second-order valence-electron chi connectivity index (χ2n) is 2.73. The Labute approximate surface area is 90.5 Å². The molecule has 2 aromatic rings. The van der Waals surface area contributed by atoms with Crippen molar-refractivity contribution in [3.8, 4) is 0 Å². The fraction of sp³-hybridized carbons (Fsp3) is 0.111. The normalized spacial score (nSPS) is 10.7. The van der Waals surface area contributed by atoms with E-state index in [1.54, 1.807) is 18.2 Å². The molecule has 14 heavy (non-hydrogen) atoms. The number of thiol groups is 1. The molecule has 0 N–H and O–H groups in total. The van der Waals surface area contributed by atoms with E-state index in [2.05, 4.69) is 17.6 Å². The summed E-state index contributed by atoms with van der Waals surface area (Å²) < 4.78 is 5.20. The number of fused-ring (bicyclic) bond motifs is 1. The van der Waals surface area contributed by atoms with Gasteiger partial charge in [0, 0.05) is 4.90 Å². The Morgan fingerprint density at radius 3 is 3.07 bits per heavy atom. The van der Waals surface area contributed by atoms with Crippen LogP contribution in [0.1, 0.15) is 10.7 Å². The van der Waals surface area contributed by atoms with Crippen molar-refractivity contribution in [3.05, 3.63) is 24.1 Å². The lowest BCUT2D eigenvalue weighted by molar-refractivity contribution is 0.0986. The van der Waals surface area contributed by atoms with Gasteiger partial charge in [0.05, 0.1) is 5.88 Å². The van der Waals surface area contributed by atoms with E-state index in [1.165, 1.54) is 0 Å². The van der Waals surface area contributed by atoms with Crippen molar-refractivity contribution >= 4 is 41.1 Å². The Balaban J connectivity index is 2.56. The molecule has 72 valence electrons. The van der Waals surface area contributed by atoms with E-state index in [4.69, 9.17) is 16.0 Å². The first-order valence-corrected chi connectivity index (χ1v) is 4.87. The third-order valence-corrected chi connectivity index (χ3v) is 2.25. The Hall–Kier alpha value is -1.00. The van der Waals surface area contributed by atoms with Crippen molar-refractivity contribution in [3.63, 3.8) is 0 Å². The largest absolute Gasteiger partial charge is 0.434 e. The minimum Gasteiger partial charge on any atom is -0.434 e. The van der Waals surface area contributed by atoms with Crippen LogP contribution in [0.3, 0.4) is 0 Å². The molecule has 1 aromatic carbocycles. The van der Waals surface area contributed by atoms with Crippen LogP contribution in [0.4, 0.5) is 0 Å². The first-order valence-electron chi connectivity index (χ1n) is 3.89. The van der Waals surface area contributed by atoms with Crippen molar-refractivity contribution in [1.82, 2.24) is 4.98 Å². The molecule has 0 aliphatic rings. The summed E-state index contributed by atoms with van der Waals surface area (Å²) in [6.45, 7) is 0. The molecular formula is C9H6ClNO2S. The van der Waals surface area contributed by atoms with Crippen LogP contribution in [0.15, 0.2) is 27.5 Å². The number of rotatable bonds is 2. The molecule has 0 atom stereocenters. The number of halogens is 1. The lowest BCUT2D eigenvalue weighted by atomic mass is 10.3. The van der Waals surface area contributed by atoms with E-state index in [9.17, 15) is 4.79 Å². The van der Waals surface area contributed by atoms with Gasteiger partial charge in [0.2, 0.25) is 5.78 Å². The molecule has 0 spiro atoms. The summed E-state index contributed by atoms with van der Waals surface area (Å²) in [4.78, 5) is 15.9. The standard InChI is InChI=1S/C9H6ClNO2S/c10-4-7(12)9-11-6-3-5(14)1-2-8(6)13-9/h1-3,14H,4H2. The van der Waals surface area contributed by atoms with E-state index in [0.29, 0.717) is 11.1 Å². The van der Waals surface area contributed by atoms with Crippen molar-refractivity contribution in [1.29, 1.82) is 0 Å². The molecule has 1 aromatic heterocycles. The summed E-state index contributed by atoms with van der Waals surface area (Å²) in [5.74, 6) is -0.391. The topological polar surface area (TPSA) is 43.1 Å². The molecule has 0 amide bonds. The Morgan fingerprint density at radius 2 is 2.36 bits per heavy atom. The van der Waals surface area contributed by atoms with Gasteiger partial charge in [-0.25, -0.2) is 4.98 Å². The second-order valence-corrected chi connectivity index (χ2v) is 3.51. The fourth-order valence-corrected chi connectivity index (χ4v) is 1.40. The summed E-state index contributed by atoms with van der Waals surface area (Å²) in [6.07, 6.45) is 0. The average molecular weight is 228 g/mol. The van der Waals surface area contributed by atoms with Gasteiger partial charge in [-0.3, -0.25) is 4.79 Å². The highest BCUT2D eigenvalue weighted by Crippen LogP contribution is 2.19. The Morgan fingerprint density at radius 1 is 1.57 bits per heavy atom. The number of carbonyl (C=O) groups excluding carboxylic acids is 1. The van der Waals surface area contributed by atoms with Crippen LogP contribution < -0.4 is 0 Å². The van der Waals surface area contributed by atoms with E-state index >= 15 is 0 Å². The fourth-order valence-electron chi connectivity index (χ4n) is 1.09. The number of hydrogen-bond donors (Lipinski definition) is 1. The molecule has 2 rings (SSSR count). The maximum atomic E-state index is 11.2. The van der Waals surface area contributed by atoms with Crippen molar-refractivity contribution in [2.24, 2.45) is 0 Å². The summed E-state index contributed by atoms with van der Waals surface area (Å²) in [5.41, 5.74) is 1.18. The third-order valence-electron chi connectivity index (χ3n) is 1.73. The van der Waals surface area contributed by atoms with Crippen LogP contribution in [0.25, 0.3) is 11.1 Å². The molecule has 0 aliphatic heterocycles. The number of benzene rings is 1. The van der Waals surface area contributed by atoms with Gasteiger partial charge in [-0.2, -0.15) is 0 Å². The maximum Gasteiger partial charge on any atom is 0.265 e. The molecule has 1 heterocycles. The second kappa shape index (κ2) is 3.63. The van der Waals surface area contributed by atoms with Crippen molar-refractivity contribution < 1.29 is 9.21 Å². The Bertz CT molecular complexity index is 495. The molecule has 0 radical (unpaired) electrons. The van der Waals surface area contributed by atoms with Crippen molar-refractivity contribution in [2.45, 2.75) is 4.90 Å². The van der Waals surface area contributed by atoms with Gasteiger partial charge in [-0.05, 0) is 18.2 Å². The summed E-state index contributed by atoms with van der Waals surface area (Å²) in [6, 6.07) is 5.22. The summed E-state index contributed by atoms with van der Waals surface area (Å²) >= 11 is 9.53. The molecule has 5 heteroatoms. The van der Waals surface area contributed by atoms with Crippen LogP contribution in [-0.2, 0) is 0 Å². The molecule has 0 saturated carbocycles. The van der Waals surface area contributed by atoms with E-state index in [1.807, 2.05) is 0 Å². The highest BCUT2D eigenvalue weighted by molar-refractivity contribution is 7.80. The highest BCUT2D eigenvalue weighted by atomic mass is 35.5. The van der Waals surface area contributed by atoms with E-state index in [0.717, 1.165) is 4.90 Å². The monoisotopic (exact) mass is 227 g/mol. The van der Waals surface area contributed by atoms with Gasteiger partial charge in [-0.1, -0.05) is 0 Å². The zero-order valence-corrected chi connectivity index (χ0v) is 8.68. The number of oxazole rings is 1. The molecule has 0 fully saturated rings. The molecular weight excluding hydrogens is 222 g/mol. The van der Waals surface area contributed by atoms with Gasteiger partial charge >= 0.3 is 0 Å². The molecule has 3 nitrogen and oxygen atoms in total. The number of nitrogens with zero attached hydrogens (tertiary/aromatic N) is 1. The number of hydrogen-bond acceptors (Lipinski definition) is 4. The Kier molecular flexibility index (Phi) is 2.48.